The first-order valence-corrected chi connectivity index (χ1v) is 9.33. The Kier molecular flexibility index (Phi) is 6.56. The van der Waals surface area contributed by atoms with Crippen molar-refractivity contribution >= 4 is 44.8 Å². The SMILES string of the molecule is O=[N+]([O-])c1ccc(NCCO)c(NS(=O)(=O)/C=C/c2ccc(Cl)cc2)c1. The van der Waals surface area contributed by atoms with Gasteiger partial charge in [0.2, 0.25) is 0 Å². The van der Waals surface area contributed by atoms with Crippen LogP contribution < -0.4 is 10.0 Å². The fraction of sp³-hybridized carbons (Fsp3) is 0.125. The standard InChI is InChI=1S/C16H16ClN3O5S/c17-13-3-1-12(2-4-13)7-10-26(24,25)19-16-11-14(20(22)23)5-6-15(16)18-8-9-21/h1-7,10-11,18-19,21H,8-9H2/b10-7+. The molecule has 0 saturated heterocycles. The van der Waals surface area contributed by atoms with Gasteiger partial charge in [-0.25, -0.2) is 8.42 Å². The second kappa shape index (κ2) is 8.65. The lowest BCUT2D eigenvalue weighted by molar-refractivity contribution is -0.384. The van der Waals surface area contributed by atoms with Crippen LogP contribution in [0, 0.1) is 10.1 Å². The van der Waals surface area contributed by atoms with Crippen molar-refractivity contribution < 1.29 is 18.4 Å². The third-order valence-corrected chi connectivity index (χ3v) is 4.45. The number of nitro benzene ring substituents is 1. The summed E-state index contributed by atoms with van der Waals surface area (Å²) in [6.07, 6.45) is 1.37. The Morgan fingerprint density at radius 2 is 1.85 bits per heavy atom. The van der Waals surface area contributed by atoms with Crippen molar-refractivity contribution in [3.05, 3.63) is 68.6 Å². The van der Waals surface area contributed by atoms with Crippen molar-refractivity contribution in [1.29, 1.82) is 0 Å². The predicted octanol–water partition coefficient (Wildman–Crippen LogP) is 3.07. The highest BCUT2D eigenvalue weighted by Gasteiger charge is 2.15. The minimum Gasteiger partial charge on any atom is -0.395 e. The second-order valence-corrected chi connectivity index (χ2v) is 7.14. The normalized spacial score (nSPS) is 11.5. The molecule has 3 N–H and O–H groups in total. The molecule has 0 bridgehead atoms. The quantitative estimate of drug-likeness (QED) is 0.465. The van der Waals surface area contributed by atoms with Crippen molar-refractivity contribution in [2.75, 3.05) is 23.2 Å². The van der Waals surface area contributed by atoms with Gasteiger partial charge in [0.15, 0.2) is 0 Å². The molecule has 8 nitrogen and oxygen atoms in total. The Hall–Kier alpha value is -2.62. The number of rotatable bonds is 8. The first kappa shape index (κ1) is 19.7. The summed E-state index contributed by atoms with van der Waals surface area (Å²) in [7, 11) is -3.92. The zero-order chi connectivity index (χ0) is 19.2. The number of halogens is 1. The molecular weight excluding hydrogens is 382 g/mol. The molecule has 10 heteroatoms. The monoisotopic (exact) mass is 397 g/mol. The van der Waals surface area contributed by atoms with E-state index >= 15 is 0 Å². The number of hydrogen-bond acceptors (Lipinski definition) is 6. The Bertz CT molecular complexity index is 914. The molecule has 0 heterocycles. The van der Waals surface area contributed by atoms with Gasteiger partial charge < -0.3 is 10.4 Å². The van der Waals surface area contributed by atoms with E-state index in [1.807, 2.05) is 0 Å². The number of anilines is 2. The van der Waals surface area contributed by atoms with E-state index < -0.39 is 14.9 Å². The van der Waals surface area contributed by atoms with E-state index in [1.165, 1.54) is 18.2 Å². The summed E-state index contributed by atoms with van der Waals surface area (Å²) in [6.45, 7) is -0.0210. The summed E-state index contributed by atoms with van der Waals surface area (Å²) < 4.78 is 26.8. The minimum absolute atomic E-state index is 0.00778. The van der Waals surface area contributed by atoms with E-state index in [9.17, 15) is 18.5 Å². The largest absolute Gasteiger partial charge is 0.395 e. The Morgan fingerprint density at radius 1 is 1.15 bits per heavy atom. The van der Waals surface area contributed by atoms with Gasteiger partial charge in [0.1, 0.15) is 0 Å². The van der Waals surface area contributed by atoms with Crippen molar-refractivity contribution in [1.82, 2.24) is 0 Å². The van der Waals surface area contributed by atoms with Crippen LogP contribution in [0.5, 0.6) is 0 Å². The van der Waals surface area contributed by atoms with Gasteiger partial charge in [-0.1, -0.05) is 23.7 Å². The van der Waals surface area contributed by atoms with Crippen molar-refractivity contribution in [3.63, 3.8) is 0 Å². The molecule has 26 heavy (non-hydrogen) atoms. The van der Waals surface area contributed by atoms with Gasteiger partial charge >= 0.3 is 0 Å². The van der Waals surface area contributed by atoms with E-state index in [4.69, 9.17) is 16.7 Å². The molecule has 0 amide bonds. The van der Waals surface area contributed by atoms with Crippen molar-refractivity contribution in [2.45, 2.75) is 0 Å². The molecule has 2 aromatic carbocycles. The summed E-state index contributed by atoms with van der Waals surface area (Å²) >= 11 is 5.77. The predicted molar refractivity (Wildman–Crippen MR) is 102 cm³/mol. The molecule has 2 rings (SSSR count). The number of benzene rings is 2. The summed E-state index contributed by atoms with van der Waals surface area (Å²) in [5.41, 5.74) is 0.679. The molecule has 0 unspecified atom stereocenters. The number of non-ortho nitro benzene ring substituents is 1. The van der Waals surface area contributed by atoms with E-state index in [2.05, 4.69) is 10.0 Å². The Morgan fingerprint density at radius 3 is 2.46 bits per heavy atom. The lowest BCUT2D eigenvalue weighted by Crippen LogP contribution is -2.13. The van der Waals surface area contributed by atoms with Crippen LogP contribution in [-0.4, -0.2) is 31.6 Å². The molecule has 0 saturated carbocycles. The van der Waals surface area contributed by atoms with E-state index in [1.54, 1.807) is 24.3 Å². The zero-order valence-electron chi connectivity index (χ0n) is 13.4. The Labute approximate surface area is 155 Å². The van der Waals surface area contributed by atoms with Crippen LogP contribution in [0.4, 0.5) is 17.1 Å². The number of nitrogens with one attached hydrogen (secondary N) is 2. The Balaban J connectivity index is 2.27. The third kappa shape index (κ3) is 5.73. The number of nitrogens with zero attached hydrogens (tertiary/aromatic N) is 1. The summed E-state index contributed by atoms with van der Waals surface area (Å²) in [4.78, 5) is 10.3. The van der Waals surface area contributed by atoms with Crippen LogP contribution in [0.15, 0.2) is 47.9 Å². The molecule has 138 valence electrons. The maximum Gasteiger partial charge on any atom is 0.271 e. The smallest absolute Gasteiger partial charge is 0.271 e. The van der Waals surface area contributed by atoms with Gasteiger partial charge in [-0.2, -0.15) is 0 Å². The molecule has 0 radical (unpaired) electrons. The number of hydrogen-bond donors (Lipinski definition) is 3. The highest BCUT2D eigenvalue weighted by Crippen LogP contribution is 2.28. The van der Waals surface area contributed by atoms with Crippen LogP contribution in [0.2, 0.25) is 5.02 Å². The van der Waals surface area contributed by atoms with Crippen LogP contribution >= 0.6 is 11.6 Å². The second-order valence-electron chi connectivity index (χ2n) is 5.14. The van der Waals surface area contributed by atoms with Gasteiger partial charge in [-0.05, 0) is 29.8 Å². The highest BCUT2D eigenvalue weighted by atomic mass is 35.5. The van der Waals surface area contributed by atoms with Gasteiger partial charge in [0.25, 0.3) is 15.7 Å². The van der Waals surface area contributed by atoms with Gasteiger partial charge in [0.05, 0.1) is 28.3 Å². The van der Waals surface area contributed by atoms with Crippen LogP contribution in [0.25, 0.3) is 6.08 Å². The number of sulfonamides is 1. The molecule has 0 aromatic heterocycles. The van der Waals surface area contributed by atoms with Gasteiger partial charge in [-0.15, -0.1) is 0 Å². The molecule has 0 atom stereocenters. The van der Waals surface area contributed by atoms with Crippen LogP contribution in [-0.2, 0) is 10.0 Å². The fourth-order valence-electron chi connectivity index (χ4n) is 2.00. The number of nitro groups is 1. The van der Waals surface area contributed by atoms with Crippen LogP contribution in [0.3, 0.4) is 0 Å². The third-order valence-electron chi connectivity index (χ3n) is 3.20. The van der Waals surface area contributed by atoms with Gasteiger partial charge in [0, 0.05) is 23.7 Å². The summed E-state index contributed by atoms with van der Waals surface area (Å²) in [5, 5.41) is 24.1. The van der Waals surface area contributed by atoms with Gasteiger partial charge in [-0.3, -0.25) is 14.8 Å². The van der Waals surface area contributed by atoms with Crippen LogP contribution in [0.1, 0.15) is 5.56 Å². The molecule has 2 aromatic rings. The molecular formula is C16H16ClN3O5S. The number of aliphatic hydroxyl groups is 1. The number of aliphatic hydroxyl groups excluding tert-OH is 1. The fourth-order valence-corrected chi connectivity index (χ4v) is 3.01. The molecule has 0 aliphatic heterocycles. The first-order valence-electron chi connectivity index (χ1n) is 7.40. The molecule has 0 aliphatic carbocycles. The first-order chi connectivity index (χ1) is 12.3. The van der Waals surface area contributed by atoms with Crippen molar-refractivity contribution in [3.8, 4) is 0 Å². The molecule has 0 spiro atoms. The summed E-state index contributed by atoms with van der Waals surface area (Å²) in [5.74, 6) is 0. The average Bonchev–Trinajstić information content (AvgIpc) is 2.60. The lowest BCUT2D eigenvalue weighted by Gasteiger charge is -2.12. The van der Waals surface area contributed by atoms with Crippen molar-refractivity contribution in [2.24, 2.45) is 0 Å². The molecule has 0 aliphatic rings. The topological polar surface area (TPSA) is 122 Å². The maximum absolute atomic E-state index is 12.3. The van der Waals surface area contributed by atoms with E-state index in [-0.39, 0.29) is 24.5 Å². The maximum atomic E-state index is 12.3. The highest BCUT2D eigenvalue weighted by molar-refractivity contribution is 7.95. The minimum atomic E-state index is -3.92. The zero-order valence-corrected chi connectivity index (χ0v) is 15.0. The average molecular weight is 398 g/mol. The van der Waals surface area contributed by atoms with E-state index in [0.29, 0.717) is 16.3 Å². The molecule has 0 fully saturated rings. The summed E-state index contributed by atoms with van der Waals surface area (Å²) in [6, 6.07) is 10.3. The van der Waals surface area contributed by atoms with E-state index in [0.717, 1.165) is 11.5 Å². The lowest BCUT2D eigenvalue weighted by atomic mass is 10.2.